The first-order valence-corrected chi connectivity index (χ1v) is 13.2. The molecule has 0 bridgehead atoms. The monoisotopic (exact) mass is 688 g/mol. The van der Waals surface area contributed by atoms with E-state index in [4.69, 9.17) is 46.0 Å². The third-order valence-corrected chi connectivity index (χ3v) is 5.50. The highest BCUT2D eigenvalue weighted by Gasteiger charge is 2.18. The topological polar surface area (TPSA) is 336 Å². The van der Waals surface area contributed by atoms with Crippen LogP contribution >= 0.6 is 0 Å². The van der Waals surface area contributed by atoms with E-state index in [-0.39, 0.29) is 40.7 Å². The number of rotatable bonds is 12. The fraction of sp³-hybridized carbons (Fsp3) is 0.129. The van der Waals surface area contributed by atoms with Crippen molar-refractivity contribution < 1.29 is 89.1 Å². The summed E-state index contributed by atoms with van der Waals surface area (Å²) in [7, 11) is 0. The second kappa shape index (κ2) is 20.8. The summed E-state index contributed by atoms with van der Waals surface area (Å²) >= 11 is 0. The zero-order chi connectivity index (χ0) is 37.8. The summed E-state index contributed by atoms with van der Waals surface area (Å²) in [5.41, 5.74) is -1.66. The van der Waals surface area contributed by atoms with Gasteiger partial charge in [-0.3, -0.25) is 9.59 Å². The van der Waals surface area contributed by atoms with Gasteiger partial charge >= 0.3 is 53.7 Å². The van der Waals surface area contributed by atoms with E-state index >= 15 is 0 Å². The fourth-order valence-electron chi connectivity index (χ4n) is 3.23. The van der Waals surface area contributed by atoms with Crippen LogP contribution in [0.1, 0.15) is 98.2 Å². The molecule has 0 fully saturated rings. The Hall–Kier alpha value is -7.11. The quantitative estimate of drug-likeness (QED) is 0.122. The molecule has 0 atom stereocenters. The average Bonchev–Trinajstić information content (AvgIpc) is 3.03. The second-order valence-corrected chi connectivity index (χ2v) is 9.02. The van der Waals surface area contributed by atoms with Crippen LogP contribution in [0.15, 0.2) is 66.7 Å². The zero-order valence-corrected chi connectivity index (χ0v) is 24.9. The molecule has 0 aromatic heterocycles. The molecule has 18 heteroatoms. The molecule has 49 heavy (non-hydrogen) atoms. The van der Waals surface area contributed by atoms with Crippen molar-refractivity contribution in [2.24, 2.45) is 0 Å². The third kappa shape index (κ3) is 16.1. The van der Waals surface area contributed by atoms with Crippen LogP contribution in [0.25, 0.3) is 0 Å². The van der Waals surface area contributed by atoms with E-state index in [9.17, 15) is 43.2 Å². The summed E-state index contributed by atoms with van der Waals surface area (Å²) < 4.78 is 0. The number of carbonyl (C=O) groups is 9. The van der Waals surface area contributed by atoms with Crippen molar-refractivity contribution in [1.29, 1.82) is 0 Å². The summed E-state index contributed by atoms with van der Waals surface area (Å²) in [6, 6.07) is 13.5. The molecule has 0 spiro atoms. The molecule has 3 rings (SSSR count). The summed E-state index contributed by atoms with van der Waals surface area (Å²) in [6.07, 6.45) is 1.02. The number of aromatic carboxylic acids is 7. The van der Waals surface area contributed by atoms with Gasteiger partial charge in [-0.1, -0.05) is 18.2 Å². The maximum Gasteiger partial charge on any atom is 0.336 e. The Labute approximate surface area is 274 Å². The molecule has 0 amide bonds. The minimum atomic E-state index is -1.48. The van der Waals surface area contributed by atoms with Crippen LogP contribution in [0.3, 0.4) is 0 Å². The van der Waals surface area contributed by atoms with Crippen LogP contribution in [0.5, 0.6) is 0 Å². The van der Waals surface area contributed by atoms with Gasteiger partial charge in [0.15, 0.2) is 0 Å². The van der Waals surface area contributed by atoms with Gasteiger partial charge in [0.25, 0.3) is 0 Å². The lowest BCUT2D eigenvalue weighted by atomic mass is 10.0. The van der Waals surface area contributed by atoms with Gasteiger partial charge in [0, 0.05) is 12.8 Å². The Bertz CT molecular complexity index is 1640. The predicted molar refractivity (Wildman–Crippen MR) is 162 cm³/mol. The molecule has 0 heterocycles. The molecule has 18 nitrogen and oxygen atoms in total. The van der Waals surface area contributed by atoms with Gasteiger partial charge in [-0.15, -0.1) is 0 Å². The van der Waals surface area contributed by atoms with Crippen molar-refractivity contribution in [3.8, 4) is 0 Å². The summed E-state index contributed by atoms with van der Waals surface area (Å²) in [5.74, 6) is -10.7. The molecule has 3 aromatic rings. The molecular formula is C31H28O18. The van der Waals surface area contributed by atoms with E-state index in [0.717, 1.165) is 24.3 Å². The van der Waals surface area contributed by atoms with E-state index in [1.54, 1.807) is 0 Å². The molecule has 0 aliphatic rings. The molecule has 260 valence electrons. The largest absolute Gasteiger partial charge is 0.481 e. The number of hydrogen-bond acceptors (Lipinski definition) is 9. The van der Waals surface area contributed by atoms with E-state index < -0.39 is 64.9 Å². The number of unbranched alkanes of at least 4 members (excludes halogenated alkanes) is 1. The van der Waals surface area contributed by atoms with Crippen LogP contribution in [0.2, 0.25) is 0 Å². The van der Waals surface area contributed by atoms with Crippen molar-refractivity contribution in [2.75, 3.05) is 0 Å². The SMILES string of the molecule is O=C(O)CCCCC(=O)O.O=C(O)c1ccc(C(=O)O)c(C(=O)O)c1.O=C(O)c1cccc(C(=O)O)c1.O=C(O)c1ccccc1C(=O)O. The normalized spacial score (nSPS) is 9.39. The fourth-order valence-corrected chi connectivity index (χ4v) is 3.23. The Morgan fingerprint density at radius 1 is 0.347 bits per heavy atom. The standard InChI is InChI=1S/C9H6O6.2C8H6O4.C6H10O4/c10-7(11)4-1-2-5(8(12)13)6(3-4)9(14)15;9-7(10)5-2-1-3-6(4-5)8(11)12;9-7(10)5-3-1-2-4-6(5)8(11)12;7-5(8)3-1-2-4-6(9)10/h1-3H,(H,10,11)(H,12,13)(H,14,15);2*1-4H,(H,9,10)(H,11,12);1-4H2,(H,7,8)(H,9,10). The van der Waals surface area contributed by atoms with Gasteiger partial charge in [-0.25, -0.2) is 33.6 Å². The highest BCUT2D eigenvalue weighted by Crippen LogP contribution is 2.13. The van der Waals surface area contributed by atoms with Crippen molar-refractivity contribution in [3.05, 3.63) is 106 Å². The number of carboxylic acid groups (broad SMARTS) is 9. The number of carboxylic acids is 9. The zero-order valence-electron chi connectivity index (χ0n) is 24.9. The Kier molecular flexibility index (Phi) is 17.8. The lowest BCUT2D eigenvalue weighted by molar-refractivity contribution is -0.139. The minimum Gasteiger partial charge on any atom is -0.481 e. The molecule has 0 unspecified atom stereocenters. The lowest BCUT2D eigenvalue weighted by Gasteiger charge is -2.02. The van der Waals surface area contributed by atoms with E-state index in [1.807, 2.05) is 0 Å². The van der Waals surface area contributed by atoms with Gasteiger partial charge in [0.2, 0.25) is 0 Å². The predicted octanol–water partition coefficient (Wildman–Crippen LogP) is 3.66. The molecule has 3 aromatic carbocycles. The minimum absolute atomic E-state index is 0.0186. The van der Waals surface area contributed by atoms with Gasteiger partial charge in [-0.05, 0) is 61.4 Å². The maximum atomic E-state index is 10.6. The molecule has 0 saturated carbocycles. The van der Waals surface area contributed by atoms with Gasteiger partial charge in [0.1, 0.15) is 0 Å². The van der Waals surface area contributed by atoms with E-state index in [2.05, 4.69) is 0 Å². The van der Waals surface area contributed by atoms with Crippen molar-refractivity contribution in [1.82, 2.24) is 0 Å². The molecular weight excluding hydrogens is 660 g/mol. The van der Waals surface area contributed by atoms with Crippen LogP contribution in [0.4, 0.5) is 0 Å². The molecule has 0 aliphatic heterocycles. The average molecular weight is 689 g/mol. The Morgan fingerprint density at radius 3 is 0.980 bits per heavy atom. The second-order valence-electron chi connectivity index (χ2n) is 9.02. The van der Waals surface area contributed by atoms with Crippen LogP contribution in [-0.4, -0.2) is 99.7 Å². The van der Waals surface area contributed by atoms with Crippen LogP contribution in [0, 0.1) is 0 Å². The highest BCUT2D eigenvalue weighted by atomic mass is 16.4. The Balaban J connectivity index is 0.000000634. The number of hydrogen-bond donors (Lipinski definition) is 9. The van der Waals surface area contributed by atoms with Crippen molar-refractivity contribution >= 4 is 53.7 Å². The van der Waals surface area contributed by atoms with Gasteiger partial charge in [-0.2, -0.15) is 0 Å². The summed E-state index contributed by atoms with van der Waals surface area (Å²) in [4.78, 5) is 93.2. The van der Waals surface area contributed by atoms with Crippen molar-refractivity contribution in [2.45, 2.75) is 25.7 Å². The van der Waals surface area contributed by atoms with Gasteiger partial charge in [0.05, 0.1) is 38.9 Å². The first kappa shape index (κ1) is 41.9. The van der Waals surface area contributed by atoms with E-state index in [1.165, 1.54) is 42.5 Å². The highest BCUT2D eigenvalue weighted by molar-refractivity contribution is 6.04. The molecule has 0 radical (unpaired) electrons. The first-order chi connectivity index (χ1) is 22.8. The smallest absolute Gasteiger partial charge is 0.336 e. The molecule has 9 N–H and O–H groups in total. The Morgan fingerprint density at radius 2 is 0.673 bits per heavy atom. The van der Waals surface area contributed by atoms with E-state index in [0.29, 0.717) is 12.8 Å². The van der Waals surface area contributed by atoms with Crippen LogP contribution in [-0.2, 0) is 9.59 Å². The number of benzene rings is 3. The molecule has 0 saturated heterocycles. The maximum absolute atomic E-state index is 10.6. The molecule has 0 aliphatic carbocycles. The van der Waals surface area contributed by atoms with Crippen LogP contribution < -0.4 is 0 Å². The van der Waals surface area contributed by atoms with Crippen molar-refractivity contribution in [3.63, 3.8) is 0 Å². The summed E-state index contributed by atoms with van der Waals surface area (Å²) in [5, 5.41) is 76.2. The first-order valence-electron chi connectivity index (χ1n) is 13.2. The third-order valence-electron chi connectivity index (χ3n) is 5.50. The lowest BCUT2D eigenvalue weighted by Crippen LogP contribution is -2.10. The number of aliphatic carboxylic acids is 2. The summed E-state index contributed by atoms with van der Waals surface area (Å²) in [6.45, 7) is 0. The van der Waals surface area contributed by atoms with Gasteiger partial charge < -0.3 is 46.0 Å².